The Kier molecular flexibility index (Phi) is 5.97. The third-order valence-electron chi connectivity index (χ3n) is 5.74. The van der Waals surface area contributed by atoms with Crippen molar-refractivity contribution in [3.8, 4) is 0 Å². The average molecular weight is 390 g/mol. The lowest BCUT2D eigenvalue weighted by Gasteiger charge is -2.31. The Hall–Kier alpha value is -2.32. The number of anilines is 3. The molecule has 4 rings (SSSR count). The summed E-state index contributed by atoms with van der Waals surface area (Å²) in [6.07, 6.45) is 6.29. The van der Waals surface area contributed by atoms with E-state index in [2.05, 4.69) is 15.1 Å². The second-order valence-electron chi connectivity index (χ2n) is 7.75. The van der Waals surface area contributed by atoms with Crippen molar-refractivity contribution in [3.05, 3.63) is 0 Å². The third kappa shape index (κ3) is 4.39. The first-order chi connectivity index (χ1) is 13.7. The van der Waals surface area contributed by atoms with Crippen molar-refractivity contribution in [3.63, 3.8) is 0 Å². The molecule has 0 bridgehead atoms. The van der Waals surface area contributed by atoms with Gasteiger partial charge in [0, 0.05) is 45.3 Å². The van der Waals surface area contributed by atoms with E-state index < -0.39 is 0 Å². The van der Waals surface area contributed by atoms with Crippen molar-refractivity contribution in [2.24, 2.45) is 0 Å². The van der Waals surface area contributed by atoms with Gasteiger partial charge < -0.3 is 24.8 Å². The van der Waals surface area contributed by atoms with Crippen LogP contribution >= 0.6 is 0 Å². The maximum absolute atomic E-state index is 11.9. The molecule has 0 spiro atoms. The Bertz CT molecular complexity index is 632. The molecule has 1 N–H and O–H groups in total. The molecule has 3 fully saturated rings. The number of amides is 1. The van der Waals surface area contributed by atoms with Gasteiger partial charge in [-0.15, -0.1) is 0 Å². The van der Waals surface area contributed by atoms with Gasteiger partial charge in [0.2, 0.25) is 17.8 Å². The molecule has 0 unspecified atom stereocenters. The number of carbonyl (C=O) groups is 1. The molecule has 3 aliphatic heterocycles. The van der Waals surface area contributed by atoms with Gasteiger partial charge in [-0.3, -0.25) is 0 Å². The van der Waals surface area contributed by atoms with Crippen molar-refractivity contribution in [1.29, 1.82) is 0 Å². The molecule has 1 aromatic heterocycles. The van der Waals surface area contributed by atoms with Crippen LogP contribution in [-0.4, -0.2) is 77.9 Å². The zero-order valence-electron chi connectivity index (χ0n) is 16.8. The third-order valence-corrected chi connectivity index (χ3v) is 5.74. The predicted molar refractivity (Wildman–Crippen MR) is 108 cm³/mol. The largest absolute Gasteiger partial charge is 0.450 e. The minimum atomic E-state index is -0.214. The SMILES string of the molecule is CCOC(=O)N1CCC(Nc2nc(N3CCCC3)nc(N3CCCC3)n2)CC1. The number of carbonyl (C=O) groups excluding carboxylic acids is 1. The molecule has 9 nitrogen and oxygen atoms in total. The van der Waals surface area contributed by atoms with Gasteiger partial charge in [0.15, 0.2) is 0 Å². The Labute approximate surface area is 166 Å². The zero-order chi connectivity index (χ0) is 19.3. The number of likely N-dealkylation sites (tertiary alicyclic amines) is 1. The van der Waals surface area contributed by atoms with Crippen LogP contribution in [0.2, 0.25) is 0 Å². The van der Waals surface area contributed by atoms with Crippen LogP contribution < -0.4 is 15.1 Å². The van der Waals surface area contributed by atoms with Gasteiger partial charge in [-0.25, -0.2) is 4.79 Å². The van der Waals surface area contributed by atoms with Crippen molar-refractivity contribution in [1.82, 2.24) is 19.9 Å². The summed E-state index contributed by atoms with van der Waals surface area (Å²) in [6.45, 7) is 7.70. The molecule has 1 amide bonds. The van der Waals surface area contributed by atoms with Gasteiger partial charge >= 0.3 is 6.09 Å². The monoisotopic (exact) mass is 389 g/mol. The summed E-state index contributed by atoms with van der Waals surface area (Å²) in [4.78, 5) is 32.4. The number of ether oxygens (including phenoxy) is 1. The number of aromatic nitrogens is 3. The highest BCUT2D eigenvalue weighted by Crippen LogP contribution is 2.24. The lowest BCUT2D eigenvalue weighted by molar-refractivity contribution is 0.0983. The molecule has 154 valence electrons. The van der Waals surface area contributed by atoms with Gasteiger partial charge in [-0.2, -0.15) is 15.0 Å². The van der Waals surface area contributed by atoms with E-state index in [4.69, 9.17) is 19.7 Å². The van der Waals surface area contributed by atoms with Crippen LogP contribution in [0.3, 0.4) is 0 Å². The van der Waals surface area contributed by atoms with Crippen LogP contribution in [0.5, 0.6) is 0 Å². The van der Waals surface area contributed by atoms with E-state index >= 15 is 0 Å². The molecule has 0 saturated carbocycles. The molecule has 0 aromatic carbocycles. The van der Waals surface area contributed by atoms with Crippen molar-refractivity contribution < 1.29 is 9.53 Å². The molecule has 3 saturated heterocycles. The van der Waals surface area contributed by atoms with Crippen LogP contribution in [0.4, 0.5) is 22.6 Å². The molecular weight excluding hydrogens is 358 g/mol. The summed E-state index contributed by atoms with van der Waals surface area (Å²) in [7, 11) is 0. The molecule has 0 atom stereocenters. The Morgan fingerprint density at radius 1 is 0.929 bits per heavy atom. The van der Waals surface area contributed by atoms with E-state index in [-0.39, 0.29) is 12.1 Å². The topological polar surface area (TPSA) is 86.7 Å². The van der Waals surface area contributed by atoms with Gasteiger partial charge in [0.25, 0.3) is 0 Å². The molecule has 0 radical (unpaired) electrons. The highest BCUT2D eigenvalue weighted by atomic mass is 16.6. The van der Waals surface area contributed by atoms with Crippen LogP contribution in [0.25, 0.3) is 0 Å². The molecule has 1 aromatic rings. The smallest absolute Gasteiger partial charge is 0.409 e. The van der Waals surface area contributed by atoms with E-state index in [1.807, 2.05) is 6.92 Å². The fraction of sp³-hybridized carbons (Fsp3) is 0.789. The van der Waals surface area contributed by atoms with Gasteiger partial charge in [-0.1, -0.05) is 0 Å². The first kappa shape index (κ1) is 19.0. The normalized spacial score (nSPS) is 20.7. The summed E-state index contributed by atoms with van der Waals surface area (Å²) in [5, 5.41) is 3.51. The lowest BCUT2D eigenvalue weighted by Crippen LogP contribution is -2.43. The van der Waals surface area contributed by atoms with Crippen LogP contribution in [0.15, 0.2) is 0 Å². The molecule has 4 heterocycles. The quantitative estimate of drug-likeness (QED) is 0.819. The van der Waals surface area contributed by atoms with E-state index in [1.54, 1.807) is 4.90 Å². The van der Waals surface area contributed by atoms with Crippen LogP contribution in [-0.2, 0) is 4.74 Å². The standard InChI is InChI=1S/C19H31N7O2/c1-2-28-19(27)26-13-7-15(8-14-26)20-16-21-17(24-9-3-4-10-24)23-18(22-16)25-11-5-6-12-25/h15H,2-14H2,1H3,(H,20,21,22,23). The number of nitrogens with zero attached hydrogens (tertiary/aromatic N) is 6. The second-order valence-corrected chi connectivity index (χ2v) is 7.75. The first-order valence-corrected chi connectivity index (χ1v) is 10.7. The minimum Gasteiger partial charge on any atom is -0.450 e. The minimum absolute atomic E-state index is 0.214. The highest BCUT2D eigenvalue weighted by molar-refractivity contribution is 5.67. The predicted octanol–water partition coefficient (Wildman–Crippen LogP) is 2.10. The van der Waals surface area contributed by atoms with E-state index in [9.17, 15) is 4.79 Å². The number of hydrogen-bond donors (Lipinski definition) is 1. The maximum atomic E-state index is 11.9. The van der Waals surface area contributed by atoms with E-state index in [0.717, 1.165) is 50.9 Å². The maximum Gasteiger partial charge on any atom is 0.409 e. The van der Waals surface area contributed by atoms with Crippen molar-refractivity contribution >= 4 is 23.9 Å². The van der Waals surface area contributed by atoms with Crippen LogP contribution in [0, 0.1) is 0 Å². The molecule has 9 heteroatoms. The highest BCUT2D eigenvalue weighted by Gasteiger charge is 2.26. The van der Waals surface area contributed by atoms with Gasteiger partial charge in [0.1, 0.15) is 0 Å². The molecule has 28 heavy (non-hydrogen) atoms. The van der Waals surface area contributed by atoms with Crippen molar-refractivity contribution in [2.75, 3.05) is 61.0 Å². The zero-order valence-corrected chi connectivity index (χ0v) is 16.8. The summed E-state index contributed by atoms with van der Waals surface area (Å²) in [6, 6.07) is 0.255. The molecule has 0 aliphatic carbocycles. The number of nitrogens with one attached hydrogen (secondary N) is 1. The fourth-order valence-electron chi connectivity index (χ4n) is 4.14. The summed E-state index contributed by atoms with van der Waals surface area (Å²) >= 11 is 0. The number of rotatable bonds is 5. The van der Waals surface area contributed by atoms with Crippen molar-refractivity contribution in [2.45, 2.75) is 51.5 Å². The summed E-state index contributed by atoms with van der Waals surface area (Å²) in [5.74, 6) is 2.25. The molecular formula is C19H31N7O2. The summed E-state index contributed by atoms with van der Waals surface area (Å²) in [5.41, 5.74) is 0. The van der Waals surface area contributed by atoms with E-state index in [1.165, 1.54) is 25.7 Å². The average Bonchev–Trinajstić information content (AvgIpc) is 3.43. The summed E-state index contributed by atoms with van der Waals surface area (Å²) < 4.78 is 5.10. The van der Waals surface area contributed by atoms with Gasteiger partial charge in [-0.05, 0) is 45.4 Å². The Morgan fingerprint density at radius 3 is 1.96 bits per heavy atom. The lowest BCUT2D eigenvalue weighted by atomic mass is 10.1. The van der Waals surface area contributed by atoms with E-state index in [0.29, 0.717) is 25.6 Å². The first-order valence-electron chi connectivity index (χ1n) is 10.7. The Balaban J connectivity index is 1.44. The fourth-order valence-corrected chi connectivity index (χ4v) is 4.14. The van der Waals surface area contributed by atoms with Crippen LogP contribution in [0.1, 0.15) is 45.4 Å². The number of hydrogen-bond acceptors (Lipinski definition) is 8. The molecule has 3 aliphatic rings. The second kappa shape index (κ2) is 8.79. The van der Waals surface area contributed by atoms with Gasteiger partial charge in [0.05, 0.1) is 6.61 Å². The Morgan fingerprint density at radius 2 is 1.46 bits per heavy atom. The number of piperidine rings is 1.